The second kappa shape index (κ2) is 7.27. The Balaban J connectivity index is 2.20. The molecule has 3 rings (SSSR count). The van der Waals surface area contributed by atoms with Gasteiger partial charge in [0.05, 0.1) is 15.7 Å². The largest absolute Gasteiger partial charge is 0.354 e. The van der Waals surface area contributed by atoms with E-state index >= 15 is 0 Å². The molecular formula is C18H17BrCl2N2. The van der Waals surface area contributed by atoms with Crippen LogP contribution >= 0.6 is 39.1 Å². The molecule has 0 aliphatic heterocycles. The van der Waals surface area contributed by atoms with Crippen molar-refractivity contribution in [2.24, 2.45) is 5.73 Å². The van der Waals surface area contributed by atoms with E-state index in [0.717, 1.165) is 40.5 Å². The summed E-state index contributed by atoms with van der Waals surface area (Å²) in [6.07, 6.45) is 2.96. The molecule has 120 valence electrons. The summed E-state index contributed by atoms with van der Waals surface area (Å²) in [7, 11) is 0. The summed E-state index contributed by atoms with van der Waals surface area (Å²) in [5, 5.41) is 2.51. The number of hydrogen-bond acceptors (Lipinski definition) is 1. The normalized spacial score (nSPS) is 11.3. The number of aryl methyl sites for hydroxylation is 1. The summed E-state index contributed by atoms with van der Waals surface area (Å²) in [5.41, 5.74) is 9.84. The number of fused-ring (bicyclic) bond motifs is 1. The van der Waals surface area contributed by atoms with E-state index in [2.05, 4.69) is 33.0 Å². The van der Waals surface area contributed by atoms with Gasteiger partial charge in [-0.15, -0.1) is 0 Å². The Morgan fingerprint density at radius 1 is 1.04 bits per heavy atom. The minimum absolute atomic E-state index is 0.656. The molecule has 3 N–H and O–H groups in total. The molecule has 0 amide bonds. The van der Waals surface area contributed by atoms with Crippen molar-refractivity contribution in [3.05, 3.63) is 56.5 Å². The van der Waals surface area contributed by atoms with E-state index in [1.165, 1.54) is 10.9 Å². The molecule has 5 heteroatoms. The van der Waals surface area contributed by atoms with Gasteiger partial charge in [-0.3, -0.25) is 0 Å². The monoisotopic (exact) mass is 410 g/mol. The van der Waals surface area contributed by atoms with Crippen LogP contribution in [0.2, 0.25) is 10.0 Å². The van der Waals surface area contributed by atoms with Gasteiger partial charge < -0.3 is 10.7 Å². The highest BCUT2D eigenvalue weighted by Crippen LogP contribution is 2.39. The first-order valence-corrected chi connectivity index (χ1v) is 9.11. The van der Waals surface area contributed by atoms with Crippen LogP contribution in [-0.4, -0.2) is 11.5 Å². The van der Waals surface area contributed by atoms with Gasteiger partial charge in [0.1, 0.15) is 0 Å². The van der Waals surface area contributed by atoms with E-state index in [0.29, 0.717) is 16.6 Å². The van der Waals surface area contributed by atoms with Crippen LogP contribution in [0.3, 0.4) is 0 Å². The summed E-state index contributed by atoms with van der Waals surface area (Å²) in [6.45, 7) is 0.703. The first-order chi connectivity index (χ1) is 11.1. The van der Waals surface area contributed by atoms with Gasteiger partial charge in [-0.25, -0.2) is 0 Å². The second-order valence-electron chi connectivity index (χ2n) is 5.51. The van der Waals surface area contributed by atoms with Gasteiger partial charge in [-0.05, 0) is 61.7 Å². The zero-order valence-corrected chi connectivity index (χ0v) is 15.6. The maximum Gasteiger partial charge on any atom is 0.0527 e. The van der Waals surface area contributed by atoms with Gasteiger partial charge >= 0.3 is 0 Å². The zero-order chi connectivity index (χ0) is 16.4. The van der Waals surface area contributed by atoms with E-state index < -0.39 is 0 Å². The number of aromatic amines is 1. The van der Waals surface area contributed by atoms with Crippen molar-refractivity contribution in [2.75, 3.05) is 6.54 Å². The number of nitrogens with two attached hydrogens (primary N) is 1. The molecule has 1 aromatic heterocycles. The minimum Gasteiger partial charge on any atom is -0.354 e. The summed E-state index contributed by atoms with van der Waals surface area (Å²) < 4.78 is 1.06. The molecule has 0 aliphatic rings. The van der Waals surface area contributed by atoms with Gasteiger partial charge in [0.2, 0.25) is 0 Å². The summed E-state index contributed by atoms with van der Waals surface area (Å²) >= 11 is 16.4. The first kappa shape index (κ1) is 16.8. The topological polar surface area (TPSA) is 41.8 Å². The average Bonchev–Trinajstić information content (AvgIpc) is 2.85. The molecular weight excluding hydrogens is 395 g/mol. The van der Waals surface area contributed by atoms with Crippen LogP contribution in [0.4, 0.5) is 0 Å². The quantitative estimate of drug-likeness (QED) is 0.483. The highest BCUT2D eigenvalue weighted by molar-refractivity contribution is 9.10. The van der Waals surface area contributed by atoms with Gasteiger partial charge in [0.25, 0.3) is 0 Å². The van der Waals surface area contributed by atoms with Crippen LogP contribution in [-0.2, 0) is 6.42 Å². The van der Waals surface area contributed by atoms with Crippen LogP contribution < -0.4 is 5.73 Å². The van der Waals surface area contributed by atoms with Crippen molar-refractivity contribution in [3.8, 4) is 11.3 Å². The Labute approximate surface area is 154 Å². The third-order valence-electron chi connectivity index (χ3n) is 3.96. The van der Waals surface area contributed by atoms with E-state index in [9.17, 15) is 0 Å². The fourth-order valence-corrected chi connectivity index (χ4v) is 3.82. The van der Waals surface area contributed by atoms with E-state index in [-0.39, 0.29) is 0 Å². The van der Waals surface area contributed by atoms with Crippen LogP contribution in [0, 0.1) is 0 Å². The fourth-order valence-electron chi connectivity index (χ4n) is 2.88. The second-order valence-corrected chi connectivity index (χ2v) is 7.24. The lowest BCUT2D eigenvalue weighted by atomic mass is 10.00. The fraction of sp³-hybridized carbons (Fsp3) is 0.222. The number of H-pyrrole nitrogens is 1. The number of unbranched alkanes of at least 4 members (excludes halogenated alkanes) is 1. The van der Waals surface area contributed by atoms with Gasteiger partial charge in [0.15, 0.2) is 0 Å². The Bertz CT molecular complexity index is 822. The average molecular weight is 412 g/mol. The minimum atomic E-state index is 0.656. The van der Waals surface area contributed by atoms with Gasteiger partial charge in [-0.2, -0.15) is 0 Å². The predicted molar refractivity (Wildman–Crippen MR) is 103 cm³/mol. The molecule has 0 fully saturated rings. The summed E-state index contributed by atoms with van der Waals surface area (Å²) in [6, 6.07) is 11.8. The SMILES string of the molecule is NCCCCc1c(-c2c(Cl)cccc2Cl)[nH]c2ccc(Br)cc12. The van der Waals surface area contributed by atoms with Crippen molar-refractivity contribution in [3.63, 3.8) is 0 Å². The molecule has 2 nitrogen and oxygen atoms in total. The third-order valence-corrected chi connectivity index (χ3v) is 5.09. The predicted octanol–water partition coefficient (Wildman–Crippen LogP) is 6.19. The lowest BCUT2D eigenvalue weighted by Gasteiger charge is -2.09. The Morgan fingerprint density at radius 3 is 2.48 bits per heavy atom. The van der Waals surface area contributed by atoms with Crippen molar-refractivity contribution in [2.45, 2.75) is 19.3 Å². The third kappa shape index (κ3) is 3.43. The smallest absolute Gasteiger partial charge is 0.0527 e. The molecule has 0 saturated carbocycles. The molecule has 0 bridgehead atoms. The van der Waals surface area contributed by atoms with Crippen LogP contribution in [0.25, 0.3) is 22.2 Å². The number of benzene rings is 2. The van der Waals surface area contributed by atoms with E-state index in [4.69, 9.17) is 28.9 Å². The number of hydrogen-bond donors (Lipinski definition) is 2. The highest BCUT2D eigenvalue weighted by Gasteiger charge is 2.17. The molecule has 1 heterocycles. The molecule has 0 saturated heterocycles. The molecule has 0 radical (unpaired) electrons. The van der Waals surface area contributed by atoms with Crippen molar-refractivity contribution < 1.29 is 0 Å². The van der Waals surface area contributed by atoms with Crippen molar-refractivity contribution in [1.29, 1.82) is 0 Å². The standard InChI is InChI=1S/C18H17BrCl2N2/c19-11-7-8-16-13(10-11)12(4-1-2-9-22)18(23-16)17-14(20)5-3-6-15(17)21/h3,5-8,10,23H,1-2,4,9,22H2. The molecule has 2 aromatic carbocycles. The summed E-state index contributed by atoms with van der Waals surface area (Å²) in [4.78, 5) is 3.50. The van der Waals surface area contributed by atoms with Crippen LogP contribution in [0.15, 0.2) is 40.9 Å². The van der Waals surface area contributed by atoms with Gasteiger partial charge in [0, 0.05) is 20.9 Å². The molecule has 3 aromatic rings. The zero-order valence-electron chi connectivity index (χ0n) is 12.5. The summed E-state index contributed by atoms with van der Waals surface area (Å²) in [5.74, 6) is 0. The van der Waals surface area contributed by atoms with Crippen molar-refractivity contribution in [1.82, 2.24) is 4.98 Å². The number of halogens is 3. The lowest BCUT2D eigenvalue weighted by Crippen LogP contribution is -1.99. The maximum atomic E-state index is 6.42. The molecule has 0 atom stereocenters. The van der Waals surface area contributed by atoms with Crippen LogP contribution in [0.5, 0.6) is 0 Å². The Morgan fingerprint density at radius 2 is 1.78 bits per heavy atom. The highest BCUT2D eigenvalue weighted by atomic mass is 79.9. The molecule has 0 aliphatic carbocycles. The van der Waals surface area contributed by atoms with E-state index in [1.807, 2.05) is 24.3 Å². The van der Waals surface area contributed by atoms with E-state index in [1.54, 1.807) is 0 Å². The van der Waals surface area contributed by atoms with Crippen molar-refractivity contribution >= 4 is 50.0 Å². The van der Waals surface area contributed by atoms with Gasteiger partial charge in [-0.1, -0.05) is 45.2 Å². The number of nitrogens with one attached hydrogen (secondary N) is 1. The first-order valence-electron chi connectivity index (χ1n) is 7.56. The lowest BCUT2D eigenvalue weighted by molar-refractivity contribution is 0.748. The maximum absolute atomic E-state index is 6.42. The molecule has 23 heavy (non-hydrogen) atoms. The number of aromatic nitrogens is 1. The Kier molecular flexibility index (Phi) is 5.32. The molecule has 0 spiro atoms. The van der Waals surface area contributed by atoms with Crippen LogP contribution in [0.1, 0.15) is 18.4 Å². The number of rotatable bonds is 5. The molecule has 0 unspecified atom stereocenters. The Hall–Kier alpha value is -1.000.